The maximum atomic E-state index is 12.4. The Morgan fingerprint density at radius 1 is 1.16 bits per heavy atom. The molecule has 0 saturated carbocycles. The zero-order valence-corrected chi connectivity index (χ0v) is 17.8. The van der Waals surface area contributed by atoms with Crippen LogP contribution in [0.5, 0.6) is 0 Å². The van der Waals surface area contributed by atoms with Crippen molar-refractivity contribution >= 4 is 35.1 Å². The minimum atomic E-state index is -1.14. The third-order valence-electron chi connectivity index (χ3n) is 4.33. The Balaban J connectivity index is 1.73. The molecule has 11 heteroatoms. The van der Waals surface area contributed by atoms with Gasteiger partial charge in [-0.25, -0.2) is 9.48 Å². The summed E-state index contributed by atoms with van der Waals surface area (Å²) in [5.74, 6) is -0.267. The van der Waals surface area contributed by atoms with Gasteiger partial charge in [0.2, 0.25) is 0 Å². The standard InChI is InChI=1S/C20H21ClN6O4/c1-11(28)19(29)23-13-8-9-16(22-10-13)17-18(27(3)26-25-17)24-20(30)31-12(2)14-6-4-5-7-15(14)21/h4-12,28H,1-3H3,(H,23,29)(H,24,30)/t11-,12-/m1/s1. The van der Waals surface area contributed by atoms with Gasteiger partial charge in [0.05, 0.1) is 17.6 Å². The van der Waals surface area contributed by atoms with Crippen LogP contribution in [0.1, 0.15) is 25.5 Å². The van der Waals surface area contributed by atoms with E-state index in [2.05, 4.69) is 25.9 Å². The van der Waals surface area contributed by atoms with Gasteiger partial charge in [0.25, 0.3) is 5.91 Å². The number of carbonyl (C=O) groups excluding carboxylic acids is 2. The first kappa shape index (κ1) is 22.2. The van der Waals surface area contributed by atoms with Crippen LogP contribution >= 0.6 is 11.6 Å². The molecule has 2 amide bonds. The predicted molar refractivity (Wildman–Crippen MR) is 115 cm³/mol. The second kappa shape index (κ2) is 9.54. The maximum absolute atomic E-state index is 12.4. The Morgan fingerprint density at radius 2 is 1.90 bits per heavy atom. The Bertz CT molecular complexity index is 1080. The molecule has 2 heterocycles. The molecule has 0 radical (unpaired) electrons. The lowest BCUT2D eigenvalue weighted by atomic mass is 10.1. The summed E-state index contributed by atoms with van der Waals surface area (Å²) in [4.78, 5) is 28.3. The van der Waals surface area contributed by atoms with E-state index in [1.54, 1.807) is 50.4 Å². The fourth-order valence-electron chi connectivity index (χ4n) is 2.68. The second-order valence-corrected chi connectivity index (χ2v) is 7.11. The number of hydrogen-bond donors (Lipinski definition) is 3. The van der Waals surface area contributed by atoms with E-state index in [1.807, 2.05) is 0 Å². The summed E-state index contributed by atoms with van der Waals surface area (Å²) in [6, 6.07) is 10.3. The van der Waals surface area contributed by atoms with E-state index in [0.717, 1.165) is 0 Å². The lowest BCUT2D eigenvalue weighted by Crippen LogP contribution is -2.24. The van der Waals surface area contributed by atoms with Crippen molar-refractivity contribution in [1.82, 2.24) is 20.0 Å². The van der Waals surface area contributed by atoms with E-state index in [9.17, 15) is 14.7 Å². The summed E-state index contributed by atoms with van der Waals surface area (Å²) < 4.78 is 6.80. The highest BCUT2D eigenvalue weighted by Crippen LogP contribution is 2.27. The number of aromatic nitrogens is 4. The highest BCUT2D eigenvalue weighted by atomic mass is 35.5. The number of aliphatic hydroxyl groups is 1. The number of benzene rings is 1. The van der Waals surface area contributed by atoms with E-state index >= 15 is 0 Å². The smallest absolute Gasteiger partial charge is 0.413 e. The quantitative estimate of drug-likeness (QED) is 0.532. The SMILES string of the molecule is C[C@@H](O)C(=O)Nc1ccc(-c2nnn(C)c2NC(=O)O[C@H](C)c2ccccc2Cl)nc1. The number of nitrogens with zero attached hydrogens (tertiary/aromatic N) is 4. The van der Waals surface area contributed by atoms with Crippen LogP contribution in [0.3, 0.4) is 0 Å². The molecule has 2 atom stereocenters. The number of anilines is 2. The van der Waals surface area contributed by atoms with E-state index < -0.39 is 24.2 Å². The van der Waals surface area contributed by atoms with Gasteiger partial charge in [-0.2, -0.15) is 0 Å². The van der Waals surface area contributed by atoms with E-state index in [-0.39, 0.29) is 5.82 Å². The van der Waals surface area contributed by atoms with Gasteiger partial charge in [0.1, 0.15) is 12.2 Å². The molecule has 0 aliphatic carbocycles. The minimum absolute atomic E-state index is 0.282. The van der Waals surface area contributed by atoms with Gasteiger partial charge in [0.15, 0.2) is 11.5 Å². The molecule has 0 fully saturated rings. The van der Waals surface area contributed by atoms with E-state index in [4.69, 9.17) is 16.3 Å². The van der Waals surface area contributed by atoms with Crippen LogP contribution in [0.25, 0.3) is 11.4 Å². The Hall–Kier alpha value is -3.50. The van der Waals surface area contributed by atoms with Crippen molar-refractivity contribution in [3.63, 3.8) is 0 Å². The zero-order chi connectivity index (χ0) is 22.5. The Kier molecular flexibility index (Phi) is 6.83. The number of ether oxygens (including phenoxy) is 1. The molecule has 0 spiro atoms. The highest BCUT2D eigenvalue weighted by Gasteiger charge is 2.20. The monoisotopic (exact) mass is 444 g/mol. The lowest BCUT2D eigenvalue weighted by Gasteiger charge is -2.15. The number of carbonyl (C=O) groups is 2. The number of rotatable bonds is 6. The largest absolute Gasteiger partial charge is 0.441 e. The number of hydrogen-bond acceptors (Lipinski definition) is 7. The van der Waals surface area contributed by atoms with Gasteiger partial charge in [-0.05, 0) is 32.0 Å². The summed E-state index contributed by atoms with van der Waals surface area (Å²) in [5.41, 5.74) is 1.82. The number of nitrogens with one attached hydrogen (secondary N) is 2. The number of halogens is 1. The summed E-state index contributed by atoms with van der Waals surface area (Å²) >= 11 is 6.15. The van der Waals surface area contributed by atoms with Crippen LogP contribution in [0.15, 0.2) is 42.6 Å². The third kappa shape index (κ3) is 5.36. The molecule has 1 aromatic carbocycles. The minimum Gasteiger partial charge on any atom is -0.441 e. The normalized spacial score (nSPS) is 12.7. The highest BCUT2D eigenvalue weighted by molar-refractivity contribution is 6.31. The first-order valence-electron chi connectivity index (χ1n) is 9.33. The number of aryl methyl sites for hydroxylation is 1. The Morgan fingerprint density at radius 3 is 2.55 bits per heavy atom. The van der Waals surface area contributed by atoms with Crippen molar-refractivity contribution in [1.29, 1.82) is 0 Å². The molecular formula is C20H21ClN6O4. The third-order valence-corrected chi connectivity index (χ3v) is 4.67. The molecule has 0 aliphatic rings. The van der Waals surface area contributed by atoms with Crippen molar-refractivity contribution in [2.45, 2.75) is 26.1 Å². The second-order valence-electron chi connectivity index (χ2n) is 6.70. The molecule has 162 valence electrons. The van der Waals surface area contributed by atoms with Crippen LogP contribution in [0, 0.1) is 0 Å². The average Bonchev–Trinajstić information content (AvgIpc) is 3.08. The van der Waals surface area contributed by atoms with Crippen LogP contribution in [0.2, 0.25) is 5.02 Å². The molecule has 0 saturated heterocycles. The first-order chi connectivity index (χ1) is 14.8. The molecule has 0 unspecified atom stereocenters. The van der Waals surface area contributed by atoms with Crippen LogP contribution in [-0.4, -0.2) is 43.2 Å². The maximum Gasteiger partial charge on any atom is 0.413 e. The van der Waals surface area contributed by atoms with Crippen molar-refractivity contribution in [2.75, 3.05) is 10.6 Å². The van der Waals surface area contributed by atoms with E-state index in [0.29, 0.717) is 27.7 Å². The summed E-state index contributed by atoms with van der Waals surface area (Å²) in [6.07, 6.45) is -1.02. The van der Waals surface area contributed by atoms with Crippen molar-refractivity contribution in [3.05, 3.63) is 53.2 Å². The first-order valence-corrected chi connectivity index (χ1v) is 9.71. The van der Waals surface area contributed by atoms with Crippen LogP contribution in [0.4, 0.5) is 16.3 Å². The van der Waals surface area contributed by atoms with Crippen molar-refractivity contribution in [2.24, 2.45) is 7.05 Å². The van der Waals surface area contributed by atoms with Gasteiger partial charge in [-0.3, -0.25) is 15.1 Å². The molecule has 0 aliphatic heterocycles. The lowest BCUT2D eigenvalue weighted by molar-refractivity contribution is -0.123. The fraction of sp³-hybridized carbons (Fsp3) is 0.250. The van der Waals surface area contributed by atoms with Crippen molar-refractivity contribution < 1.29 is 19.4 Å². The zero-order valence-electron chi connectivity index (χ0n) is 17.0. The molecule has 3 N–H and O–H groups in total. The average molecular weight is 445 g/mol. The summed E-state index contributed by atoms with van der Waals surface area (Å²) in [7, 11) is 1.61. The Labute approximate surface area is 183 Å². The molecule has 31 heavy (non-hydrogen) atoms. The topological polar surface area (TPSA) is 131 Å². The molecule has 3 rings (SSSR count). The number of amides is 2. The molecule has 2 aromatic heterocycles. The molecular weight excluding hydrogens is 424 g/mol. The number of pyridine rings is 1. The van der Waals surface area contributed by atoms with Gasteiger partial charge in [0, 0.05) is 17.6 Å². The fourth-order valence-corrected chi connectivity index (χ4v) is 2.97. The van der Waals surface area contributed by atoms with Gasteiger partial charge < -0.3 is 15.2 Å². The molecule has 3 aromatic rings. The van der Waals surface area contributed by atoms with Crippen molar-refractivity contribution in [3.8, 4) is 11.4 Å². The molecule has 0 bridgehead atoms. The summed E-state index contributed by atoms with van der Waals surface area (Å²) in [6.45, 7) is 3.07. The van der Waals surface area contributed by atoms with Gasteiger partial charge in [-0.1, -0.05) is 35.0 Å². The van der Waals surface area contributed by atoms with Crippen LogP contribution < -0.4 is 10.6 Å². The van der Waals surface area contributed by atoms with E-state index in [1.165, 1.54) is 17.8 Å². The number of aliphatic hydroxyl groups excluding tert-OH is 1. The van der Waals surface area contributed by atoms with Gasteiger partial charge >= 0.3 is 6.09 Å². The molecule has 10 nitrogen and oxygen atoms in total. The summed E-state index contributed by atoms with van der Waals surface area (Å²) in [5, 5.41) is 22.9. The van der Waals surface area contributed by atoms with Gasteiger partial charge in [-0.15, -0.1) is 5.10 Å². The predicted octanol–water partition coefficient (Wildman–Crippen LogP) is 3.16. The van der Waals surface area contributed by atoms with Crippen LogP contribution in [-0.2, 0) is 16.6 Å².